The summed E-state index contributed by atoms with van der Waals surface area (Å²) in [6.07, 6.45) is 0.659. The Kier molecular flexibility index (Phi) is 7.97. The van der Waals surface area contributed by atoms with Crippen molar-refractivity contribution in [1.82, 2.24) is 0 Å². The lowest BCUT2D eigenvalue weighted by molar-refractivity contribution is 0.386. The molecule has 6 heteroatoms. The van der Waals surface area contributed by atoms with Gasteiger partial charge in [0.15, 0.2) is 17.5 Å². The zero-order valence-corrected chi connectivity index (χ0v) is 16.4. The standard InChI is InChI=1S/C18H22FN3O.HI/c1-12-8-13(2)10-15(9-12)22-18(20)21-7-6-14-4-5-16(19)17(11-14)23-3;/h4-5,8-11H,6-7H2,1-3H3,(H3,20,21,22);1H. The lowest BCUT2D eigenvalue weighted by Gasteiger charge is -2.08. The number of nitrogens with one attached hydrogen (secondary N) is 1. The lowest BCUT2D eigenvalue weighted by atomic mass is 10.1. The molecule has 24 heavy (non-hydrogen) atoms. The summed E-state index contributed by atoms with van der Waals surface area (Å²) in [4.78, 5) is 4.30. The first-order chi connectivity index (χ1) is 11.0. The van der Waals surface area contributed by atoms with E-state index >= 15 is 0 Å². The minimum atomic E-state index is -0.365. The molecule has 0 saturated heterocycles. The van der Waals surface area contributed by atoms with Crippen LogP contribution in [0.1, 0.15) is 16.7 Å². The topological polar surface area (TPSA) is 59.6 Å². The third kappa shape index (κ3) is 5.99. The maximum absolute atomic E-state index is 13.3. The van der Waals surface area contributed by atoms with E-state index < -0.39 is 0 Å². The van der Waals surface area contributed by atoms with Crippen molar-refractivity contribution in [2.75, 3.05) is 19.0 Å². The molecule has 0 saturated carbocycles. The highest BCUT2D eigenvalue weighted by Crippen LogP contribution is 2.18. The first kappa shape index (κ1) is 20.2. The van der Waals surface area contributed by atoms with Crippen LogP contribution in [-0.4, -0.2) is 19.6 Å². The smallest absolute Gasteiger partial charge is 0.193 e. The molecule has 0 heterocycles. The van der Waals surface area contributed by atoms with Crippen molar-refractivity contribution in [3.63, 3.8) is 0 Å². The highest BCUT2D eigenvalue weighted by molar-refractivity contribution is 14.0. The minimum absolute atomic E-state index is 0. The van der Waals surface area contributed by atoms with Gasteiger partial charge >= 0.3 is 0 Å². The first-order valence-corrected chi connectivity index (χ1v) is 7.45. The molecule has 0 aliphatic heterocycles. The van der Waals surface area contributed by atoms with Gasteiger partial charge in [-0.25, -0.2) is 4.39 Å². The fraction of sp³-hybridized carbons (Fsp3) is 0.278. The molecule has 4 nitrogen and oxygen atoms in total. The van der Waals surface area contributed by atoms with Gasteiger partial charge in [-0.15, -0.1) is 24.0 Å². The Morgan fingerprint density at radius 3 is 2.46 bits per heavy atom. The lowest BCUT2D eigenvalue weighted by Crippen LogP contribution is -2.23. The molecule has 0 fully saturated rings. The predicted molar refractivity (Wildman–Crippen MR) is 108 cm³/mol. The fourth-order valence-electron chi connectivity index (χ4n) is 2.40. The van der Waals surface area contributed by atoms with Crippen molar-refractivity contribution >= 4 is 35.6 Å². The minimum Gasteiger partial charge on any atom is -0.494 e. The molecule has 2 aromatic carbocycles. The van der Waals surface area contributed by atoms with Crippen molar-refractivity contribution in [2.24, 2.45) is 10.7 Å². The van der Waals surface area contributed by atoms with Crippen LogP contribution in [0.15, 0.2) is 41.4 Å². The summed E-state index contributed by atoms with van der Waals surface area (Å²) in [6.45, 7) is 4.58. The quantitative estimate of drug-likeness (QED) is 0.417. The number of rotatable bonds is 5. The molecule has 0 aromatic heterocycles. The third-order valence-corrected chi connectivity index (χ3v) is 3.39. The molecule has 130 valence electrons. The van der Waals surface area contributed by atoms with Crippen LogP contribution < -0.4 is 15.8 Å². The first-order valence-electron chi connectivity index (χ1n) is 7.45. The molecule has 0 atom stereocenters. The summed E-state index contributed by atoms with van der Waals surface area (Å²) < 4.78 is 18.3. The number of aryl methyl sites for hydroxylation is 2. The molecule has 2 aromatic rings. The number of ether oxygens (including phenoxy) is 1. The molecular formula is C18H23FIN3O. The van der Waals surface area contributed by atoms with E-state index in [2.05, 4.69) is 16.4 Å². The van der Waals surface area contributed by atoms with E-state index in [1.807, 2.05) is 26.0 Å². The number of nitrogens with two attached hydrogens (primary N) is 1. The Bertz CT molecular complexity index is 699. The van der Waals surface area contributed by atoms with E-state index in [1.165, 1.54) is 24.3 Å². The molecule has 0 amide bonds. The van der Waals surface area contributed by atoms with Gasteiger partial charge in [-0.1, -0.05) is 12.1 Å². The average molecular weight is 443 g/mol. The van der Waals surface area contributed by atoms with Crippen LogP contribution in [0, 0.1) is 19.7 Å². The third-order valence-electron chi connectivity index (χ3n) is 3.39. The normalized spacial score (nSPS) is 10.9. The molecular weight excluding hydrogens is 420 g/mol. The van der Waals surface area contributed by atoms with E-state index in [4.69, 9.17) is 10.5 Å². The number of guanidine groups is 1. The summed E-state index contributed by atoms with van der Waals surface area (Å²) in [7, 11) is 1.45. The summed E-state index contributed by atoms with van der Waals surface area (Å²) in [5, 5.41) is 3.08. The number of aliphatic imine (C=N–C) groups is 1. The van der Waals surface area contributed by atoms with Gasteiger partial charge < -0.3 is 15.8 Å². The molecule has 0 unspecified atom stereocenters. The van der Waals surface area contributed by atoms with E-state index in [-0.39, 0.29) is 35.5 Å². The molecule has 0 aliphatic carbocycles. The number of hydrogen-bond donors (Lipinski definition) is 2. The van der Waals surface area contributed by atoms with E-state index in [0.717, 1.165) is 11.3 Å². The Hall–Kier alpha value is -1.83. The summed E-state index contributed by atoms with van der Waals surface area (Å²) in [5.74, 6) is 0.243. The van der Waals surface area contributed by atoms with Gasteiger partial charge in [-0.05, 0) is 61.2 Å². The van der Waals surface area contributed by atoms with Crippen molar-refractivity contribution in [1.29, 1.82) is 0 Å². The van der Waals surface area contributed by atoms with Gasteiger partial charge in [0.05, 0.1) is 7.11 Å². The molecule has 3 N–H and O–H groups in total. The Balaban J connectivity index is 0.00000288. The molecule has 2 rings (SSSR count). The van der Waals surface area contributed by atoms with Crippen LogP contribution in [0.2, 0.25) is 0 Å². The summed E-state index contributed by atoms with van der Waals surface area (Å²) in [6, 6.07) is 10.9. The Labute approximate surface area is 159 Å². The largest absolute Gasteiger partial charge is 0.494 e. The monoisotopic (exact) mass is 443 g/mol. The average Bonchev–Trinajstić information content (AvgIpc) is 2.47. The molecule has 0 radical (unpaired) electrons. The van der Waals surface area contributed by atoms with E-state index in [9.17, 15) is 4.39 Å². The Morgan fingerprint density at radius 1 is 1.17 bits per heavy atom. The second kappa shape index (κ2) is 9.46. The number of hydrogen-bond acceptors (Lipinski definition) is 2. The van der Waals surface area contributed by atoms with E-state index in [0.29, 0.717) is 18.9 Å². The van der Waals surface area contributed by atoms with Crippen LogP contribution in [-0.2, 0) is 6.42 Å². The van der Waals surface area contributed by atoms with Crippen LogP contribution in [0.25, 0.3) is 0 Å². The van der Waals surface area contributed by atoms with Crippen molar-refractivity contribution in [3.8, 4) is 5.75 Å². The molecule has 0 aliphatic rings. The van der Waals surface area contributed by atoms with Gasteiger partial charge in [0.25, 0.3) is 0 Å². The van der Waals surface area contributed by atoms with Gasteiger partial charge in [0, 0.05) is 12.2 Å². The van der Waals surface area contributed by atoms with Crippen molar-refractivity contribution in [2.45, 2.75) is 20.3 Å². The van der Waals surface area contributed by atoms with Gasteiger partial charge in [0.2, 0.25) is 0 Å². The zero-order valence-electron chi connectivity index (χ0n) is 14.1. The number of nitrogens with zero attached hydrogens (tertiary/aromatic N) is 1. The summed E-state index contributed by atoms with van der Waals surface area (Å²) >= 11 is 0. The SMILES string of the molecule is COc1cc(CCN=C(N)Nc2cc(C)cc(C)c2)ccc1F.I. The molecule has 0 spiro atoms. The van der Waals surface area contributed by atoms with Crippen LogP contribution in [0.4, 0.5) is 10.1 Å². The summed E-state index contributed by atoms with van der Waals surface area (Å²) in [5.41, 5.74) is 10.1. The number of benzene rings is 2. The Morgan fingerprint density at radius 2 is 1.83 bits per heavy atom. The second-order valence-electron chi connectivity index (χ2n) is 5.49. The maximum Gasteiger partial charge on any atom is 0.193 e. The highest BCUT2D eigenvalue weighted by atomic mass is 127. The van der Waals surface area contributed by atoms with E-state index in [1.54, 1.807) is 12.1 Å². The van der Waals surface area contributed by atoms with Crippen LogP contribution >= 0.6 is 24.0 Å². The highest BCUT2D eigenvalue weighted by Gasteiger charge is 2.03. The van der Waals surface area contributed by atoms with Crippen LogP contribution in [0.3, 0.4) is 0 Å². The van der Waals surface area contributed by atoms with Crippen molar-refractivity contribution < 1.29 is 9.13 Å². The van der Waals surface area contributed by atoms with Gasteiger partial charge in [-0.3, -0.25) is 4.99 Å². The zero-order chi connectivity index (χ0) is 16.8. The van der Waals surface area contributed by atoms with Crippen molar-refractivity contribution in [3.05, 3.63) is 58.9 Å². The van der Waals surface area contributed by atoms with Gasteiger partial charge in [-0.2, -0.15) is 0 Å². The number of halogens is 2. The van der Waals surface area contributed by atoms with Crippen LogP contribution in [0.5, 0.6) is 5.75 Å². The maximum atomic E-state index is 13.3. The number of anilines is 1. The van der Waals surface area contributed by atoms with Gasteiger partial charge in [0.1, 0.15) is 0 Å². The predicted octanol–water partition coefficient (Wildman–Crippen LogP) is 4.04. The fourth-order valence-corrected chi connectivity index (χ4v) is 2.40. The second-order valence-corrected chi connectivity index (χ2v) is 5.49. The molecule has 0 bridgehead atoms. The number of methoxy groups -OCH3 is 1.